The molecule has 0 aliphatic heterocycles. The maximum atomic E-state index is 12.4. The molecule has 0 bridgehead atoms. The molecule has 0 aliphatic carbocycles. The molecule has 3 N–H and O–H groups in total. The smallest absolute Gasteiger partial charge is 0.315 e. The monoisotopic (exact) mass is 388 g/mol. The molecule has 1 aromatic heterocycles. The van der Waals surface area contributed by atoms with Crippen LogP contribution in [0.1, 0.15) is 23.0 Å². The maximum Gasteiger partial charge on any atom is 0.315 e. The lowest BCUT2D eigenvalue weighted by molar-refractivity contribution is 0.236. The molecule has 5 nitrogen and oxygen atoms in total. The second kappa shape index (κ2) is 8.74. The fraction of sp³-hybridized carbons (Fsp3) is 0.158. The molecule has 2 amide bonds. The van der Waals surface area contributed by atoms with Gasteiger partial charge in [0.1, 0.15) is 11.0 Å². The summed E-state index contributed by atoms with van der Waals surface area (Å²) < 4.78 is 0. The number of amides is 2. The first-order chi connectivity index (χ1) is 12.6. The Balaban J connectivity index is 1.65. The summed E-state index contributed by atoms with van der Waals surface area (Å²) in [4.78, 5) is 19.6. The van der Waals surface area contributed by atoms with Gasteiger partial charge in [-0.05, 0) is 29.7 Å². The van der Waals surface area contributed by atoms with E-state index in [1.54, 1.807) is 6.07 Å². The molecule has 0 unspecified atom stereocenters. The zero-order chi connectivity index (χ0) is 18.4. The number of nitrogens with one attached hydrogen (secondary N) is 3. The third-order valence-electron chi connectivity index (χ3n) is 3.82. The average molecular weight is 389 g/mol. The van der Waals surface area contributed by atoms with E-state index in [1.807, 2.05) is 48.5 Å². The number of carbonyl (C=O) groups is 1. The van der Waals surface area contributed by atoms with Crippen molar-refractivity contribution in [1.82, 2.24) is 20.6 Å². The van der Waals surface area contributed by atoms with Crippen molar-refractivity contribution >= 4 is 29.2 Å². The molecule has 0 spiro atoms. The highest BCUT2D eigenvalue weighted by Crippen LogP contribution is 2.17. The minimum Gasteiger partial charge on any atom is -0.334 e. The van der Waals surface area contributed by atoms with Crippen molar-refractivity contribution in [2.45, 2.75) is 19.0 Å². The number of hydrogen-bond donors (Lipinski definition) is 3. The summed E-state index contributed by atoms with van der Waals surface area (Å²) in [7, 11) is 0. The van der Waals surface area contributed by atoms with Gasteiger partial charge in [0.25, 0.3) is 0 Å². The number of rotatable bonds is 6. The number of H-pyrrole nitrogens is 1. The van der Waals surface area contributed by atoms with Crippen LogP contribution in [0, 0.1) is 0 Å². The molecule has 0 aliphatic rings. The normalized spacial score (nSPS) is 11.8. The summed E-state index contributed by atoms with van der Waals surface area (Å²) in [6.07, 6.45) is 2.12. The van der Waals surface area contributed by atoms with Crippen molar-refractivity contribution < 1.29 is 4.79 Å². The van der Waals surface area contributed by atoms with Crippen LogP contribution in [0.3, 0.4) is 0 Å². The Bertz CT molecular complexity index is 867. The molecule has 1 atom stereocenters. The molecular formula is C19H18Cl2N4O. The summed E-state index contributed by atoms with van der Waals surface area (Å²) in [6, 6.07) is 16.6. The number of imidazole rings is 1. The van der Waals surface area contributed by atoms with E-state index in [2.05, 4.69) is 20.6 Å². The molecule has 26 heavy (non-hydrogen) atoms. The third-order valence-corrected chi connectivity index (χ3v) is 4.25. The predicted octanol–water partition coefficient (Wildman–Crippen LogP) is 4.50. The zero-order valence-electron chi connectivity index (χ0n) is 13.9. The van der Waals surface area contributed by atoms with Gasteiger partial charge in [0.05, 0.1) is 12.2 Å². The van der Waals surface area contributed by atoms with Crippen molar-refractivity contribution in [1.29, 1.82) is 0 Å². The van der Waals surface area contributed by atoms with Gasteiger partial charge < -0.3 is 15.6 Å². The molecule has 3 rings (SSSR count). The van der Waals surface area contributed by atoms with E-state index in [0.717, 1.165) is 11.1 Å². The molecular weight excluding hydrogens is 371 g/mol. The molecule has 0 radical (unpaired) electrons. The Morgan fingerprint density at radius 2 is 1.85 bits per heavy atom. The molecule has 0 fully saturated rings. The highest BCUT2D eigenvalue weighted by atomic mass is 35.5. The zero-order valence-corrected chi connectivity index (χ0v) is 15.4. The number of urea groups is 1. The predicted molar refractivity (Wildman–Crippen MR) is 103 cm³/mol. The Morgan fingerprint density at radius 3 is 2.54 bits per heavy atom. The van der Waals surface area contributed by atoms with E-state index >= 15 is 0 Å². The minimum atomic E-state index is -0.329. The fourth-order valence-electron chi connectivity index (χ4n) is 2.59. The van der Waals surface area contributed by atoms with Gasteiger partial charge in [0, 0.05) is 11.6 Å². The first-order valence-corrected chi connectivity index (χ1v) is 8.89. The van der Waals surface area contributed by atoms with Gasteiger partial charge in [0.15, 0.2) is 0 Å². The molecule has 0 saturated heterocycles. The average Bonchev–Trinajstić information content (AvgIpc) is 3.07. The highest BCUT2D eigenvalue weighted by Gasteiger charge is 2.18. The molecule has 7 heteroatoms. The van der Waals surface area contributed by atoms with E-state index in [0.29, 0.717) is 29.0 Å². The van der Waals surface area contributed by atoms with Crippen LogP contribution in [-0.4, -0.2) is 16.0 Å². The van der Waals surface area contributed by atoms with E-state index in [-0.39, 0.29) is 12.1 Å². The van der Waals surface area contributed by atoms with Crippen molar-refractivity contribution in [3.05, 3.63) is 87.9 Å². The quantitative estimate of drug-likeness (QED) is 0.581. The minimum absolute atomic E-state index is 0.293. The molecule has 0 saturated carbocycles. The second-order valence-electron chi connectivity index (χ2n) is 5.82. The van der Waals surface area contributed by atoms with Gasteiger partial charge in [0.2, 0.25) is 0 Å². The van der Waals surface area contributed by atoms with Crippen LogP contribution in [0.2, 0.25) is 10.2 Å². The van der Waals surface area contributed by atoms with Crippen LogP contribution in [0.5, 0.6) is 0 Å². The van der Waals surface area contributed by atoms with Gasteiger partial charge in [-0.3, -0.25) is 0 Å². The lowest BCUT2D eigenvalue weighted by Crippen LogP contribution is -2.38. The van der Waals surface area contributed by atoms with Gasteiger partial charge in [-0.1, -0.05) is 65.7 Å². The Kier molecular flexibility index (Phi) is 6.15. The largest absolute Gasteiger partial charge is 0.334 e. The number of aromatic nitrogens is 2. The number of halogens is 2. The van der Waals surface area contributed by atoms with Gasteiger partial charge in [-0.2, -0.15) is 0 Å². The van der Waals surface area contributed by atoms with Crippen LogP contribution in [0.15, 0.2) is 60.8 Å². The second-order valence-corrected chi connectivity index (χ2v) is 6.66. The maximum absolute atomic E-state index is 12.4. The molecule has 1 heterocycles. The van der Waals surface area contributed by atoms with E-state index in [1.165, 1.54) is 6.20 Å². The van der Waals surface area contributed by atoms with E-state index in [9.17, 15) is 4.79 Å². The Hall–Kier alpha value is -2.50. The van der Waals surface area contributed by atoms with Crippen molar-refractivity contribution in [2.24, 2.45) is 0 Å². The van der Waals surface area contributed by atoms with Gasteiger partial charge in [-0.25, -0.2) is 9.78 Å². The van der Waals surface area contributed by atoms with Gasteiger partial charge in [-0.15, -0.1) is 0 Å². The highest BCUT2D eigenvalue weighted by molar-refractivity contribution is 6.30. The summed E-state index contributed by atoms with van der Waals surface area (Å²) in [5, 5.41) is 6.85. The lowest BCUT2D eigenvalue weighted by Gasteiger charge is -2.17. The van der Waals surface area contributed by atoms with E-state index < -0.39 is 0 Å². The number of aromatic amines is 1. The first-order valence-electron chi connectivity index (χ1n) is 8.13. The molecule has 2 aromatic carbocycles. The number of hydrogen-bond acceptors (Lipinski definition) is 2. The van der Waals surface area contributed by atoms with Crippen molar-refractivity contribution in [3.63, 3.8) is 0 Å². The van der Waals surface area contributed by atoms with Crippen molar-refractivity contribution in [2.75, 3.05) is 0 Å². The number of carbonyl (C=O) groups excluding carboxylic acids is 1. The van der Waals surface area contributed by atoms with Crippen LogP contribution < -0.4 is 10.6 Å². The van der Waals surface area contributed by atoms with Gasteiger partial charge >= 0.3 is 6.03 Å². The standard InChI is InChI=1S/C19H18Cl2N4O/c20-15-8-4-7-14(9-15)11-23-19(26)24-16(18-22-12-17(21)25-18)10-13-5-2-1-3-6-13/h1-9,12,16H,10-11H2,(H,22,25)(H2,23,24,26)/t16-/m0/s1. The summed E-state index contributed by atoms with van der Waals surface area (Å²) in [5.41, 5.74) is 2.01. The lowest BCUT2D eigenvalue weighted by atomic mass is 10.1. The SMILES string of the molecule is O=C(NCc1cccc(Cl)c1)N[C@@H](Cc1ccccc1)c1ncc(Cl)[nH]1. The number of benzene rings is 2. The van der Waals surface area contributed by atoms with E-state index in [4.69, 9.17) is 23.2 Å². The summed E-state index contributed by atoms with van der Waals surface area (Å²) >= 11 is 11.9. The first kappa shape index (κ1) is 18.3. The summed E-state index contributed by atoms with van der Waals surface area (Å²) in [6.45, 7) is 0.378. The van der Waals surface area contributed by atoms with Crippen LogP contribution in [0.25, 0.3) is 0 Å². The Morgan fingerprint density at radius 1 is 1.08 bits per heavy atom. The Labute approximate surface area is 161 Å². The summed E-state index contributed by atoms with van der Waals surface area (Å²) in [5.74, 6) is 0.608. The molecule has 3 aromatic rings. The fourth-order valence-corrected chi connectivity index (χ4v) is 2.95. The number of nitrogens with zero attached hydrogens (tertiary/aromatic N) is 1. The van der Waals surface area contributed by atoms with Crippen LogP contribution in [0.4, 0.5) is 4.79 Å². The van der Waals surface area contributed by atoms with Crippen LogP contribution >= 0.6 is 23.2 Å². The molecule has 134 valence electrons. The third kappa shape index (κ3) is 5.25. The van der Waals surface area contributed by atoms with Crippen molar-refractivity contribution in [3.8, 4) is 0 Å². The van der Waals surface area contributed by atoms with Crippen LogP contribution in [-0.2, 0) is 13.0 Å². The topological polar surface area (TPSA) is 69.8 Å².